The molecule has 1 aromatic carbocycles. The minimum Gasteiger partial charge on any atom is -0.508 e. The normalized spacial score (nSPS) is 10.3. The SMILES string of the molecule is Cc1cc(C(=O)Nc2cnc(Cl)c(Br)c2)ccc1O. The lowest BCUT2D eigenvalue weighted by atomic mass is 10.1. The summed E-state index contributed by atoms with van der Waals surface area (Å²) in [4.78, 5) is 15.9. The first-order valence-electron chi connectivity index (χ1n) is 5.39. The van der Waals surface area contributed by atoms with E-state index in [1.165, 1.54) is 12.3 Å². The number of amides is 1. The molecule has 0 aliphatic heterocycles. The Kier molecular flexibility index (Phi) is 4.07. The van der Waals surface area contributed by atoms with Crippen LogP contribution in [-0.4, -0.2) is 16.0 Å². The topological polar surface area (TPSA) is 62.2 Å². The van der Waals surface area contributed by atoms with E-state index in [0.717, 1.165) is 0 Å². The van der Waals surface area contributed by atoms with Gasteiger partial charge in [0, 0.05) is 5.56 Å². The predicted octanol–water partition coefficient (Wildman–Crippen LogP) is 3.76. The van der Waals surface area contributed by atoms with Gasteiger partial charge in [0.25, 0.3) is 5.91 Å². The van der Waals surface area contributed by atoms with Crippen LogP contribution >= 0.6 is 27.5 Å². The highest BCUT2D eigenvalue weighted by Crippen LogP contribution is 2.23. The van der Waals surface area contributed by atoms with Gasteiger partial charge in [-0.05, 0) is 52.7 Å². The lowest BCUT2D eigenvalue weighted by Gasteiger charge is -2.07. The van der Waals surface area contributed by atoms with E-state index in [1.807, 2.05) is 0 Å². The molecule has 0 radical (unpaired) electrons. The van der Waals surface area contributed by atoms with Crippen molar-refractivity contribution in [2.45, 2.75) is 6.92 Å². The Morgan fingerprint density at radius 3 is 2.79 bits per heavy atom. The zero-order valence-electron chi connectivity index (χ0n) is 9.95. The van der Waals surface area contributed by atoms with Gasteiger partial charge in [-0.2, -0.15) is 0 Å². The number of aromatic nitrogens is 1. The maximum Gasteiger partial charge on any atom is 0.255 e. The molecule has 2 rings (SSSR count). The Bertz CT molecular complexity index is 647. The fourth-order valence-electron chi connectivity index (χ4n) is 1.49. The Morgan fingerprint density at radius 1 is 1.42 bits per heavy atom. The maximum atomic E-state index is 12.0. The van der Waals surface area contributed by atoms with Crippen molar-refractivity contribution < 1.29 is 9.90 Å². The second-order valence-electron chi connectivity index (χ2n) is 3.95. The Balaban J connectivity index is 2.20. The molecule has 0 saturated carbocycles. The van der Waals surface area contributed by atoms with Crippen molar-refractivity contribution in [1.29, 1.82) is 0 Å². The summed E-state index contributed by atoms with van der Waals surface area (Å²) in [6.07, 6.45) is 1.47. The van der Waals surface area contributed by atoms with Gasteiger partial charge in [0.1, 0.15) is 10.9 Å². The zero-order chi connectivity index (χ0) is 14.0. The molecular formula is C13H10BrClN2O2. The molecule has 0 fully saturated rings. The number of nitrogens with zero attached hydrogens (tertiary/aromatic N) is 1. The number of aromatic hydroxyl groups is 1. The number of phenolic OH excluding ortho intramolecular Hbond substituents is 1. The number of nitrogens with one attached hydrogen (secondary N) is 1. The summed E-state index contributed by atoms with van der Waals surface area (Å²) < 4.78 is 0.605. The van der Waals surface area contributed by atoms with Gasteiger partial charge < -0.3 is 10.4 Å². The molecule has 98 valence electrons. The number of benzene rings is 1. The summed E-state index contributed by atoms with van der Waals surface area (Å²) in [5, 5.41) is 12.5. The molecule has 2 aromatic rings. The first kappa shape index (κ1) is 13.8. The first-order valence-corrected chi connectivity index (χ1v) is 6.56. The molecule has 1 amide bonds. The van der Waals surface area contributed by atoms with Crippen LogP contribution in [0.3, 0.4) is 0 Å². The van der Waals surface area contributed by atoms with Crippen LogP contribution in [0.1, 0.15) is 15.9 Å². The molecule has 2 N–H and O–H groups in total. The molecule has 1 aromatic heterocycles. The van der Waals surface area contributed by atoms with Crippen molar-refractivity contribution in [1.82, 2.24) is 4.98 Å². The van der Waals surface area contributed by atoms with E-state index in [9.17, 15) is 9.90 Å². The zero-order valence-corrected chi connectivity index (χ0v) is 12.3. The van der Waals surface area contributed by atoms with Crippen molar-refractivity contribution >= 4 is 39.1 Å². The largest absolute Gasteiger partial charge is 0.508 e. The van der Waals surface area contributed by atoms with Gasteiger partial charge >= 0.3 is 0 Å². The number of phenols is 1. The Morgan fingerprint density at radius 2 is 2.16 bits per heavy atom. The summed E-state index contributed by atoms with van der Waals surface area (Å²) in [5.74, 6) is -0.119. The standard InChI is InChI=1S/C13H10BrClN2O2/c1-7-4-8(2-3-11(7)18)13(19)17-9-5-10(14)12(15)16-6-9/h2-6,18H,1H3,(H,17,19). The summed E-state index contributed by atoms with van der Waals surface area (Å²) in [5.41, 5.74) is 1.64. The van der Waals surface area contributed by atoms with Crippen LogP contribution < -0.4 is 5.32 Å². The highest BCUT2D eigenvalue weighted by molar-refractivity contribution is 9.10. The van der Waals surface area contributed by atoms with Gasteiger partial charge in [-0.3, -0.25) is 4.79 Å². The number of pyridine rings is 1. The highest BCUT2D eigenvalue weighted by atomic mass is 79.9. The van der Waals surface area contributed by atoms with E-state index in [1.54, 1.807) is 25.1 Å². The molecule has 0 saturated heterocycles. The van der Waals surface area contributed by atoms with Crippen LogP contribution in [0.5, 0.6) is 5.75 Å². The lowest BCUT2D eigenvalue weighted by molar-refractivity contribution is 0.102. The van der Waals surface area contributed by atoms with Gasteiger partial charge in [0.2, 0.25) is 0 Å². The molecule has 4 nitrogen and oxygen atoms in total. The average Bonchev–Trinajstić information content (AvgIpc) is 2.37. The summed E-state index contributed by atoms with van der Waals surface area (Å²) >= 11 is 9.01. The number of carbonyl (C=O) groups is 1. The van der Waals surface area contributed by atoms with Crippen LogP contribution in [0.25, 0.3) is 0 Å². The van der Waals surface area contributed by atoms with Gasteiger partial charge in [-0.25, -0.2) is 4.98 Å². The van der Waals surface area contributed by atoms with Crippen molar-refractivity contribution in [2.24, 2.45) is 0 Å². The fraction of sp³-hybridized carbons (Fsp3) is 0.0769. The van der Waals surface area contributed by atoms with E-state index in [2.05, 4.69) is 26.2 Å². The number of rotatable bonds is 2. The predicted molar refractivity (Wildman–Crippen MR) is 77.7 cm³/mol. The molecule has 1 heterocycles. The van der Waals surface area contributed by atoms with E-state index in [-0.39, 0.29) is 11.7 Å². The second-order valence-corrected chi connectivity index (χ2v) is 5.16. The quantitative estimate of drug-likeness (QED) is 0.818. The summed E-state index contributed by atoms with van der Waals surface area (Å²) in [6, 6.07) is 6.32. The average molecular weight is 342 g/mol. The third-order valence-corrected chi connectivity index (χ3v) is 3.65. The van der Waals surface area contributed by atoms with Crippen LogP contribution in [0.15, 0.2) is 34.9 Å². The number of hydrogen-bond donors (Lipinski definition) is 2. The molecule has 6 heteroatoms. The van der Waals surface area contributed by atoms with E-state index in [0.29, 0.717) is 26.4 Å². The lowest BCUT2D eigenvalue weighted by Crippen LogP contribution is -2.12. The second kappa shape index (κ2) is 5.59. The van der Waals surface area contributed by atoms with Crippen molar-refractivity contribution in [3.63, 3.8) is 0 Å². The van der Waals surface area contributed by atoms with Gasteiger partial charge in [0.05, 0.1) is 16.4 Å². The monoisotopic (exact) mass is 340 g/mol. The first-order chi connectivity index (χ1) is 8.97. The van der Waals surface area contributed by atoms with Crippen LogP contribution in [0.2, 0.25) is 5.15 Å². The number of halogens is 2. The molecular weight excluding hydrogens is 332 g/mol. The molecule has 0 aliphatic carbocycles. The number of hydrogen-bond acceptors (Lipinski definition) is 3. The highest BCUT2D eigenvalue weighted by Gasteiger charge is 2.09. The van der Waals surface area contributed by atoms with E-state index < -0.39 is 0 Å². The number of carbonyl (C=O) groups excluding carboxylic acids is 1. The van der Waals surface area contributed by atoms with E-state index in [4.69, 9.17) is 11.6 Å². The molecule has 19 heavy (non-hydrogen) atoms. The van der Waals surface area contributed by atoms with Crippen molar-refractivity contribution in [3.05, 3.63) is 51.2 Å². The van der Waals surface area contributed by atoms with Crippen LogP contribution in [0.4, 0.5) is 5.69 Å². The molecule has 0 spiro atoms. The smallest absolute Gasteiger partial charge is 0.255 e. The molecule has 0 aliphatic rings. The van der Waals surface area contributed by atoms with Gasteiger partial charge in [-0.1, -0.05) is 11.6 Å². The van der Waals surface area contributed by atoms with E-state index >= 15 is 0 Å². The van der Waals surface area contributed by atoms with Gasteiger partial charge in [0.15, 0.2) is 0 Å². The molecule has 0 atom stereocenters. The van der Waals surface area contributed by atoms with Gasteiger partial charge in [-0.15, -0.1) is 0 Å². The Labute approximate surface area is 123 Å². The molecule has 0 bridgehead atoms. The minimum atomic E-state index is -0.279. The number of aryl methyl sites for hydroxylation is 1. The fourth-order valence-corrected chi connectivity index (χ4v) is 1.94. The third-order valence-electron chi connectivity index (χ3n) is 2.51. The van der Waals surface area contributed by atoms with Crippen LogP contribution in [0, 0.1) is 6.92 Å². The Hall–Kier alpha value is -1.59. The van der Waals surface area contributed by atoms with Crippen molar-refractivity contribution in [3.8, 4) is 5.75 Å². The third kappa shape index (κ3) is 3.24. The van der Waals surface area contributed by atoms with Crippen molar-refractivity contribution in [2.75, 3.05) is 5.32 Å². The summed E-state index contributed by atoms with van der Waals surface area (Å²) in [6.45, 7) is 1.73. The number of anilines is 1. The van der Waals surface area contributed by atoms with Crippen LogP contribution in [-0.2, 0) is 0 Å². The molecule has 0 unspecified atom stereocenters. The minimum absolute atomic E-state index is 0.160. The summed E-state index contributed by atoms with van der Waals surface area (Å²) in [7, 11) is 0. The maximum absolute atomic E-state index is 12.0.